The van der Waals surface area contributed by atoms with Crippen molar-refractivity contribution < 1.29 is 14.0 Å². The van der Waals surface area contributed by atoms with E-state index in [9.17, 15) is 14.0 Å². The number of halogens is 2. The molecule has 1 aromatic rings. The zero-order chi connectivity index (χ0) is 10.0. The summed E-state index contributed by atoms with van der Waals surface area (Å²) in [4.78, 5) is 21.4. The highest BCUT2D eigenvalue weighted by atomic mass is 35.5. The van der Waals surface area contributed by atoms with Crippen molar-refractivity contribution in [2.45, 2.75) is 0 Å². The predicted octanol–water partition coefficient (Wildman–Crippen LogP) is 1.15. The number of primary amides is 1. The Morgan fingerprint density at radius 1 is 1.38 bits per heavy atom. The SMILES string of the molecule is NC(=O)C(=O)c1cc(Cl)ccc1F. The Hall–Kier alpha value is -1.42. The van der Waals surface area contributed by atoms with Crippen molar-refractivity contribution in [3.8, 4) is 0 Å². The average molecular weight is 202 g/mol. The first-order chi connectivity index (χ1) is 6.02. The molecule has 0 bridgehead atoms. The highest BCUT2D eigenvalue weighted by molar-refractivity contribution is 6.43. The number of benzene rings is 1. The number of carbonyl (C=O) groups is 2. The second-order valence-electron chi connectivity index (χ2n) is 2.32. The van der Waals surface area contributed by atoms with Crippen molar-refractivity contribution in [1.29, 1.82) is 0 Å². The summed E-state index contributed by atoms with van der Waals surface area (Å²) in [6, 6.07) is 3.33. The van der Waals surface area contributed by atoms with Gasteiger partial charge in [-0.15, -0.1) is 0 Å². The van der Waals surface area contributed by atoms with Gasteiger partial charge in [-0.2, -0.15) is 0 Å². The minimum absolute atomic E-state index is 0.172. The lowest BCUT2D eigenvalue weighted by atomic mass is 10.1. The first kappa shape index (κ1) is 9.67. The Kier molecular flexibility index (Phi) is 2.63. The summed E-state index contributed by atoms with van der Waals surface area (Å²) in [5, 5.41) is 0.172. The zero-order valence-electron chi connectivity index (χ0n) is 6.38. The monoisotopic (exact) mass is 201 g/mol. The highest BCUT2D eigenvalue weighted by Gasteiger charge is 2.16. The molecular weight excluding hydrogens is 197 g/mol. The molecular formula is C8H5ClFNO2. The molecule has 0 aliphatic heterocycles. The Morgan fingerprint density at radius 3 is 2.54 bits per heavy atom. The minimum atomic E-state index is -1.21. The Morgan fingerprint density at radius 2 is 2.00 bits per heavy atom. The molecule has 0 saturated carbocycles. The van der Waals surface area contributed by atoms with E-state index in [-0.39, 0.29) is 5.02 Å². The third-order valence-electron chi connectivity index (χ3n) is 1.40. The molecule has 0 aromatic heterocycles. The minimum Gasteiger partial charge on any atom is -0.363 e. The van der Waals surface area contributed by atoms with E-state index in [0.29, 0.717) is 0 Å². The fourth-order valence-electron chi connectivity index (χ4n) is 0.804. The van der Waals surface area contributed by atoms with E-state index in [4.69, 9.17) is 11.6 Å². The van der Waals surface area contributed by atoms with E-state index in [1.807, 2.05) is 0 Å². The number of rotatable bonds is 2. The molecule has 0 heterocycles. The quantitative estimate of drug-likeness (QED) is 0.576. The molecule has 0 aliphatic rings. The molecule has 1 rings (SSSR count). The Balaban J connectivity index is 3.21. The summed E-state index contributed by atoms with van der Waals surface area (Å²) in [5.41, 5.74) is 4.29. The van der Waals surface area contributed by atoms with Gasteiger partial charge in [-0.3, -0.25) is 9.59 Å². The van der Waals surface area contributed by atoms with E-state index in [1.165, 1.54) is 6.07 Å². The largest absolute Gasteiger partial charge is 0.363 e. The van der Waals surface area contributed by atoms with Crippen LogP contribution in [0.15, 0.2) is 18.2 Å². The molecule has 1 amide bonds. The average Bonchev–Trinajstić information content (AvgIpc) is 2.08. The predicted molar refractivity (Wildman–Crippen MR) is 44.9 cm³/mol. The van der Waals surface area contributed by atoms with Gasteiger partial charge >= 0.3 is 0 Å². The summed E-state index contributed by atoms with van der Waals surface area (Å²) in [6.07, 6.45) is 0. The van der Waals surface area contributed by atoms with Crippen molar-refractivity contribution in [2.75, 3.05) is 0 Å². The van der Waals surface area contributed by atoms with E-state index in [1.54, 1.807) is 0 Å². The zero-order valence-corrected chi connectivity index (χ0v) is 7.14. The summed E-state index contributed by atoms with van der Waals surface area (Å²) in [7, 11) is 0. The number of ketones is 1. The normalized spacial score (nSPS) is 9.69. The second kappa shape index (κ2) is 3.53. The molecule has 13 heavy (non-hydrogen) atoms. The van der Waals surface area contributed by atoms with E-state index < -0.39 is 23.1 Å². The van der Waals surface area contributed by atoms with Crippen LogP contribution in [0.5, 0.6) is 0 Å². The molecule has 0 unspecified atom stereocenters. The fraction of sp³-hybridized carbons (Fsp3) is 0. The van der Waals surface area contributed by atoms with Gasteiger partial charge in [0.2, 0.25) is 0 Å². The maximum absolute atomic E-state index is 12.9. The molecule has 0 radical (unpaired) electrons. The second-order valence-corrected chi connectivity index (χ2v) is 2.75. The van der Waals surface area contributed by atoms with Gasteiger partial charge in [-0.1, -0.05) is 11.6 Å². The lowest BCUT2D eigenvalue weighted by molar-refractivity contribution is -0.114. The van der Waals surface area contributed by atoms with Crippen LogP contribution in [0.2, 0.25) is 5.02 Å². The van der Waals surface area contributed by atoms with Crippen LogP contribution in [0.3, 0.4) is 0 Å². The van der Waals surface area contributed by atoms with Gasteiger partial charge in [0.1, 0.15) is 5.82 Å². The van der Waals surface area contributed by atoms with Gasteiger partial charge in [-0.05, 0) is 18.2 Å². The van der Waals surface area contributed by atoms with Crippen LogP contribution in [0, 0.1) is 5.82 Å². The summed E-state index contributed by atoms with van der Waals surface area (Å²) < 4.78 is 12.9. The summed E-state index contributed by atoms with van der Waals surface area (Å²) in [5.74, 6) is -3.10. The van der Waals surface area contributed by atoms with Gasteiger partial charge in [0.05, 0.1) is 5.56 Å². The number of Topliss-reactive ketones (excluding diaryl/α,β-unsaturated/α-hetero) is 1. The third-order valence-corrected chi connectivity index (χ3v) is 1.63. The highest BCUT2D eigenvalue weighted by Crippen LogP contribution is 2.15. The molecule has 0 saturated heterocycles. The van der Waals surface area contributed by atoms with Crippen LogP contribution in [-0.2, 0) is 4.79 Å². The number of hydrogen-bond donors (Lipinski definition) is 1. The topological polar surface area (TPSA) is 60.2 Å². The first-order valence-corrected chi connectivity index (χ1v) is 3.69. The van der Waals surface area contributed by atoms with Gasteiger partial charge < -0.3 is 5.73 Å². The lowest BCUT2D eigenvalue weighted by Crippen LogP contribution is -2.24. The van der Waals surface area contributed by atoms with E-state index in [0.717, 1.165) is 12.1 Å². The molecule has 0 spiro atoms. The van der Waals surface area contributed by atoms with Gasteiger partial charge in [0.15, 0.2) is 0 Å². The molecule has 5 heteroatoms. The van der Waals surface area contributed by atoms with Gasteiger partial charge in [0.25, 0.3) is 11.7 Å². The van der Waals surface area contributed by atoms with Crippen molar-refractivity contribution in [1.82, 2.24) is 0 Å². The molecule has 1 aromatic carbocycles. The maximum Gasteiger partial charge on any atom is 0.289 e. The Bertz CT molecular complexity index is 378. The van der Waals surface area contributed by atoms with Crippen LogP contribution < -0.4 is 5.73 Å². The fourth-order valence-corrected chi connectivity index (χ4v) is 0.976. The summed E-state index contributed by atoms with van der Waals surface area (Å²) in [6.45, 7) is 0. The van der Waals surface area contributed by atoms with Crippen molar-refractivity contribution in [2.24, 2.45) is 5.73 Å². The molecule has 0 atom stereocenters. The smallest absolute Gasteiger partial charge is 0.289 e. The molecule has 2 N–H and O–H groups in total. The number of amides is 1. The molecule has 0 aliphatic carbocycles. The first-order valence-electron chi connectivity index (χ1n) is 3.31. The molecule has 68 valence electrons. The van der Waals surface area contributed by atoms with Crippen molar-refractivity contribution in [3.05, 3.63) is 34.6 Å². The van der Waals surface area contributed by atoms with Gasteiger partial charge in [-0.25, -0.2) is 4.39 Å². The molecule has 0 fully saturated rings. The summed E-state index contributed by atoms with van der Waals surface area (Å²) >= 11 is 5.49. The van der Waals surface area contributed by atoms with Crippen LogP contribution in [0.1, 0.15) is 10.4 Å². The van der Waals surface area contributed by atoms with Crippen LogP contribution in [-0.4, -0.2) is 11.7 Å². The standard InChI is InChI=1S/C8H5ClFNO2/c9-4-1-2-6(10)5(3-4)7(12)8(11)13/h1-3H,(H2,11,13). The number of hydrogen-bond acceptors (Lipinski definition) is 2. The number of nitrogens with two attached hydrogens (primary N) is 1. The van der Waals surface area contributed by atoms with Crippen LogP contribution in [0.25, 0.3) is 0 Å². The van der Waals surface area contributed by atoms with Crippen molar-refractivity contribution >= 4 is 23.3 Å². The van der Waals surface area contributed by atoms with Crippen molar-refractivity contribution in [3.63, 3.8) is 0 Å². The maximum atomic E-state index is 12.9. The van der Waals surface area contributed by atoms with Gasteiger partial charge in [0, 0.05) is 5.02 Å². The third kappa shape index (κ3) is 2.03. The lowest BCUT2D eigenvalue weighted by Gasteiger charge is -1.98. The van der Waals surface area contributed by atoms with Crippen LogP contribution in [0.4, 0.5) is 4.39 Å². The van der Waals surface area contributed by atoms with Crippen LogP contribution >= 0.6 is 11.6 Å². The molecule has 3 nitrogen and oxygen atoms in total. The van der Waals surface area contributed by atoms with E-state index >= 15 is 0 Å². The number of carbonyl (C=O) groups excluding carboxylic acids is 2. The Labute approximate surface area is 78.3 Å². The van der Waals surface area contributed by atoms with E-state index in [2.05, 4.69) is 5.73 Å².